The summed E-state index contributed by atoms with van der Waals surface area (Å²) in [5.74, 6) is 3.19. The molecule has 0 N–H and O–H groups in total. The van der Waals surface area contributed by atoms with E-state index in [4.69, 9.17) is 4.74 Å². The number of nitro groups is 1. The van der Waals surface area contributed by atoms with Gasteiger partial charge >= 0.3 is 5.97 Å². The standard InChI is InChI=1S/C19H17NO5/c21-17-11-5-9-13-10-6-12(14(11)13)18(16(10)15(9)17)25-19(22)7-1-3-8(4-2-7)20(23)24/h1-4,9-16,18H,5-6H2. The first-order chi connectivity index (χ1) is 12.1. The molecule has 4 bridgehead atoms. The van der Waals surface area contributed by atoms with E-state index in [0.717, 1.165) is 12.8 Å². The number of nitro benzene ring substituents is 1. The third-order valence-electron chi connectivity index (χ3n) is 7.89. The van der Waals surface area contributed by atoms with Crippen molar-refractivity contribution in [3.63, 3.8) is 0 Å². The molecule has 0 amide bonds. The van der Waals surface area contributed by atoms with Crippen LogP contribution in [0.3, 0.4) is 0 Å². The zero-order valence-corrected chi connectivity index (χ0v) is 13.4. The number of esters is 1. The third kappa shape index (κ3) is 1.48. The molecule has 0 saturated heterocycles. The summed E-state index contributed by atoms with van der Waals surface area (Å²) in [6.07, 6.45) is 2.04. The second-order valence-corrected chi connectivity index (χ2v) is 8.40. The summed E-state index contributed by atoms with van der Waals surface area (Å²) in [6.45, 7) is 0. The van der Waals surface area contributed by atoms with E-state index in [9.17, 15) is 19.7 Å². The Hall–Kier alpha value is -2.24. The number of ketones is 1. The molecule has 5 saturated carbocycles. The molecule has 6 nitrogen and oxygen atoms in total. The number of hydrogen-bond acceptors (Lipinski definition) is 5. The van der Waals surface area contributed by atoms with Crippen molar-refractivity contribution in [1.82, 2.24) is 0 Å². The van der Waals surface area contributed by atoms with Crippen molar-refractivity contribution in [2.45, 2.75) is 18.9 Å². The Kier molecular flexibility index (Phi) is 2.40. The fourth-order valence-electron chi connectivity index (χ4n) is 7.45. The van der Waals surface area contributed by atoms with Crippen molar-refractivity contribution < 1.29 is 19.2 Å². The topological polar surface area (TPSA) is 86.5 Å². The Balaban J connectivity index is 1.28. The molecule has 0 aliphatic heterocycles. The van der Waals surface area contributed by atoms with Gasteiger partial charge < -0.3 is 4.74 Å². The van der Waals surface area contributed by atoms with E-state index in [1.807, 2.05) is 0 Å². The molecule has 5 aliphatic rings. The van der Waals surface area contributed by atoms with Gasteiger partial charge in [-0.2, -0.15) is 0 Å². The molecule has 128 valence electrons. The van der Waals surface area contributed by atoms with E-state index in [-0.39, 0.29) is 29.5 Å². The summed E-state index contributed by atoms with van der Waals surface area (Å²) in [6, 6.07) is 5.54. The van der Waals surface area contributed by atoms with Gasteiger partial charge in [-0.3, -0.25) is 14.9 Å². The van der Waals surface area contributed by atoms with Gasteiger partial charge in [-0.1, -0.05) is 0 Å². The highest BCUT2D eigenvalue weighted by molar-refractivity contribution is 5.91. The zero-order chi connectivity index (χ0) is 17.0. The van der Waals surface area contributed by atoms with E-state index in [1.165, 1.54) is 24.3 Å². The van der Waals surface area contributed by atoms with Gasteiger partial charge in [0, 0.05) is 35.8 Å². The Bertz CT molecular complexity index is 833. The molecule has 1 aromatic rings. The van der Waals surface area contributed by atoms with Crippen molar-refractivity contribution in [3.05, 3.63) is 39.9 Å². The monoisotopic (exact) mass is 339 g/mol. The van der Waals surface area contributed by atoms with Gasteiger partial charge in [0.2, 0.25) is 0 Å². The molecule has 5 fully saturated rings. The van der Waals surface area contributed by atoms with Gasteiger partial charge in [-0.25, -0.2) is 4.79 Å². The average Bonchev–Trinajstić information content (AvgIpc) is 3.31. The lowest BCUT2D eigenvalue weighted by atomic mass is 9.76. The first-order valence-corrected chi connectivity index (χ1v) is 9.05. The van der Waals surface area contributed by atoms with Crippen molar-refractivity contribution in [1.29, 1.82) is 0 Å². The van der Waals surface area contributed by atoms with Crippen LogP contribution in [0, 0.1) is 57.5 Å². The summed E-state index contributed by atoms with van der Waals surface area (Å²) in [7, 11) is 0. The van der Waals surface area contributed by atoms with Gasteiger partial charge in [0.05, 0.1) is 10.5 Å². The molecule has 1 aromatic carbocycles. The lowest BCUT2D eigenvalue weighted by Crippen LogP contribution is -2.36. The van der Waals surface area contributed by atoms with Gasteiger partial charge in [-0.05, 0) is 48.6 Å². The maximum Gasteiger partial charge on any atom is 0.338 e. The van der Waals surface area contributed by atoms with Gasteiger partial charge in [-0.15, -0.1) is 0 Å². The van der Waals surface area contributed by atoms with Crippen LogP contribution in [0.25, 0.3) is 0 Å². The van der Waals surface area contributed by atoms with Gasteiger partial charge in [0.25, 0.3) is 5.69 Å². The fourth-order valence-corrected chi connectivity index (χ4v) is 7.45. The number of non-ortho nitro benzene ring substituents is 1. The second kappa shape index (κ2) is 4.29. The molecular weight excluding hydrogens is 322 g/mol. The van der Waals surface area contributed by atoms with E-state index < -0.39 is 10.9 Å². The lowest BCUT2D eigenvalue weighted by Gasteiger charge is -2.32. The minimum absolute atomic E-state index is 0.0427. The van der Waals surface area contributed by atoms with Crippen LogP contribution in [0.1, 0.15) is 23.2 Å². The molecule has 9 unspecified atom stereocenters. The minimum Gasteiger partial charge on any atom is -0.458 e. The number of hydrogen-bond donors (Lipinski definition) is 0. The first-order valence-electron chi connectivity index (χ1n) is 9.05. The Morgan fingerprint density at radius 2 is 1.80 bits per heavy atom. The lowest BCUT2D eigenvalue weighted by molar-refractivity contribution is -0.384. The molecule has 5 aliphatic carbocycles. The van der Waals surface area contributed by atoms with Crippen LogP contribution in [0.4, 0.5) is 5.69 Å². The first kappa shape index (κ1) is 14.0. The van der Waals surface area contributed by atoms with E-state index >= 15 is 0 Å². The van der Waals surface area contributed by atoms with Crippen LogP contribution in [0.5, 0.6) is 0 Å². The van der Waals surface area contributed by atoms with Crippen molar-refractivity contribution in [2.75, 3.05) is 0 Å². The SMILES string of the molecule is O=C(OC1C2CC3C1C1C(=O)C4CC1C3C42)c1ccc([N+](=O)[O-])cc1. The Morgan fingerprint density at radius 1 is 1.04 bits per heavy atom. The summed E-state index contributed by atoms with van der Waals surface area (Å²) in [5.41, 5.74) is 0.297. The summed E-state index contributed by atoms with van der Waals surface area (Å²) >= 11 is 0. The van der Waals surface area contributed by atoms with Gasteiger partial charge in [0.15, 0.2) is 0 Å². The normalized spacial score (nSPS) is 47.0. The van der Waals surface area contributed by atoms with Crippen LogP contribution in [-0.4, -0.2) is 22.8 Å². The van der Waals surface area contributed by atoms with E-state index in [1.54, 1.807) is 0 Å². The highest BCUT2D eigenvalue weighted by Crippen LogP contribution is 2.77. The van der Waals surface area contributed by atoms with Crippen LogP contribution < -0.4 is 0 Å². The summed E-state index contributed by atoms with van der Waals surface area (Å²) in [4.78, 5) is 35.5. The molecule has 6 heteroatoms. The van der Waals surface area contributed by atoms with Crippen LogP contribution >= 0.6 is 0 Å². The molecule has 0 spiro atoms. The maximum atomic E-state index is 12.6. The molecule has 25 heavy (non-hydrogen) atoms. The molecule has 0 radical (unpaired) electrons. The van der Waals surface area contributed by atoms with Crippen LogP contribution in [0.15, 0.2) is 24.3 Å². The van der Waals surface area contributed by atoms with E-state index in [0.29, 0.717) is 40.9 Å². The number of ether oxygens (including phenoxy) is 1. The number of fused-ring (bicyclic) bond motifs is 5. The smallest absolute Gasteiger partial charge is 0.338 e. The molecule has 9 atom stereocenters. The van der Waals surface area contributed by atoms with Crippen molar-refractivity contribution in [2.24, 2.45) is 47.3 Å². The molecule has 0 heterocycles. The molecular formula is C19H17NO5. The van der Waals surface area contributed by atoms with Crippen LogP contribution in [0.2, 0.25) is 0 Å². The number of carbonyl (C=O) groups is 2. The molecule has 0 aromatic heterocycles. The second-order valence-electron chi connectivity index (χ2n) is 8.40. The highest BCUT2D eigenvalue weighted by atomic mass is 16.6. The largest absolute Gasteiger partial charge is 0.458 e. The average molecular weight is 339 g/mol. The van der Waals surface area contributed by atoms with Gasteiger partial charge in [0.1, 0.15) is 11.9 Å². The minimum atomic E-state index is -0.487. The highest BCUT2D eigenvalue weighted by Gasteiger charge is 2.79. The van der Waals surface area contributed by atoms with Crippen LogP contribution in [-0.2, 0) is 9.53 Å². The number of Topliss-reactive ketones (excluding diaryl/α,β-unsaturated/α-hetero) is 1. The zero-order valence-electron chi connectivity index (χ0n) is 13.4. The summed E-state index contributed by atoms with van der Waals surface area (Å²) < 4.78 is 5.90. The number of benzene rings is 1. The quantitative estimate of drug-likeness (QED) is 0.480. The third-order valence-corrected chi connectivity index (χ3v) is 7.89. The number of nitrogens with zero attached hydrogens (tertiary/aromatic N) is 1. The Labute approximate surface area is 143 Å². The van der Waals surface area contributed by atoms with Crippen molar-refractivity contribution in [3.8, 4) is 0 Å². The predicted molar refractivity (Wildman–Crippen MR) is 84.5 cm³/mol. The number of carbonyl (C=O) groups excluding carboxylic acids is 2. The summed E-state index contributed by atoms with van der Waals surface area (Å²) in [5, 5.41) is 10.7. The predicted octanol–water partition coefficient (Wildman–Crippen LogP) is 2.47. The Morgan fingerprint density at radius 3 is 2.52 bits per heavy atom. The van der Waals surface area contributed by atoms with Crippen molar-refractivity contribution >= 4 is 17.4 Å². The molecule has 6 rings (SSSR count). The van der Waals surface area contributed by atoms with E-state index in [2.05, 4.69) is 0 Å². The number of rotatable bonds is 3. The maximum absolute atomic E-state index is 12.6. The fraction of sp³-hybridized carbons (Fsp3) is 0.579.